The molecule has 1 amide bonds. The number of ether oxygens (including phenoxy) is 1. The van der Waals surface area contributed by atoms with Crippen molar-refractivity contribution in [3.05, 3.63) is 46.7 Å². The normalized spacial score (nSPS) is 15.2. The molecular formula is C21H22N4O2S2. The Hall–Kier alpha value is -2.45. The van der Waals surface area contributed by atoms with Crippen molar-refractivity contribution < 1.29 is 9.53 Å². The van der Waals surface area contributed by atoms with Gasteiger partial charge in [0.2, 0.25) is 23.2 Å². The highest BCUT2D eigenvalue weighted by Crippen LogP contribution is 2.44. The fraction of sp³-hybridized carbons (Fsp3) is 0.333. The summed E-state index contributed by atoms with van der Waals surface area (Å²) in [7, 11) is 0. The molecule has 3 heterocycles. The molecule has 0 saturated carbocycles. The number of para-hydroxylation sites is 1. The second kappa shape index (κ2) is 8.92. The van der Waals surface area contributed by atoms with Gasteiger partial charge >= 0.3 is 0 Å². The van der Waals surface area contributed by atoms with Crippen molar-refractivity contribution in [2.24, 2.45) is 0 Å². The standard InChI is InChI=1S/C21H22N4O2S2/c1-3-5-12-29-21-22-19-18(23-24-21)14-9-6-7-10-15(14)25(17(26)4-2)20(27-19)16-11-8-13-28-16/h6-11,13,20H,3-5,12H2,1-2H3. The third-order valence-electron chi connectivity index (χ3n) is 4.60. The number of fused-ring (bicyclic) bond motifs is 3. The first kappa shape index (κ1) is 19.8. The van der Waals surface area contributed by atoms with Crippen LogP contribution in [-0.4, -0.2) is 26.8 Å². The number of aromatic nitrogens is 3. The number of amides is 1. The largest absolute Gasteiger partial charge is 0.446 e. The van der Waals surface area contributed by atoms with Crippen molar-refractivity contribution in [1.29, 1.82) is 0 Å². The molecule has 6 nitrogen and oxygen atoms in total. The maximum Gasteiger partial charge on any atom is 0.247 e. The lowest BCUT2D eigenvalue weighted by Crippen LogP contribution is -2.36. The maximum atomic E-state index is 13.0. The molecule has 8 heteroatoms. The average Bonchev–Trinajstić information content (AvgIpc) is 3.24. The van der Waals surface area contributed by atoms with Crippen LogP contribution in [0.3, 0.4) is 0 Å². The highest BCUT2D eigenvalue weighted by molar-refractivity contribution is 7.99. The molecule has 0 saturated heterocycles. The number of hydrogen-bond acceptors (Lipinski definition) is 7. The van der Waals surface area contributed by atoms with Gasteiger partial charge in [0.25, 0.3) is 0 Å². The molecule has 0 aliphatic carbocycles. The Morgan fingerprint density at radius 3 is 2.83 bits per heavy atom. The van der Waals surface area contributed by atoms with Crippen LogP contribution in [0.25, 0.3) is 11.3 Å². The molecule has 1 aliphatic heterocycles. The third-order valence-corrected chi connectivity index (χ3v) is 6.43. The lowest BCUT2D eigenvalue weighted by atomic mass is 10.1. The van der Waals surface area contributed by atoms with Gasteiger partial charge in [0, 0.05) is 17.7 Å². The number of thiophene rings is 1. The number of carbonyl (C=O) groups excluding carboxylic acids is 1. The van der Waals surface area contributed by atoms with E-state index in [9.17, 15) is 4.79 Å². The molecule has 29 heavy (non-hydrogen) atoms. The van der Waals surface area contributed by atoms with E-state index in [4.69, 9.17) is 4.74 Å². The van der Waals surface area contributed by atoms with Crippen molar-refractivity contribution in [3.63, 3.8) is 0 Å². The zero-order valence-electron chi connectivity index (χ0n) is 16.4. The fourth-order valence-electron chi connectivity index (χ4n) is 3.14. The molecule has 3 aromatic rings. The summed E-state index contributed by atoms with van der Waals surface area (Å²) in [5, 5.41) is 11.3. The second-order valence-electron chi connectivity index (χ2n) is 6.57. The third kappa shape index (κ3) is 4.00. The van der Waals surface area contributed by atoms with E-state index >= 15 is 0 Å². The lowest BCUT2D eigenvalue weighted by Gasteiger charge is -2.29. The van der Waals surface area contributed by atoms with E-state index in [1.807, 2.05) is 48.7 Å². The second-order valence-corrected chi connectivity index (χ2v) is 8.61. The van der Waals surface area contributed by atoms with Crippen LogP contribution in [0, 0.1) is 0 Å². The molecular weight excluding hydrogens is 404 g/mol. The number of benzene rings is 1. The molecule has 0 fully saturated rings. The Morgan fingerprint density at radius 2 is 2.07 bits per heavy atom. The Balaban J connectivity index is 1.84. The van der Waals surface area contributed by atoms with Gasteiger partial charge in [-0.15, -0.1) is 21.5 Å². The summed E-state index contributed by atoms with van der Waals surface area (Å²) in [6, 6.07) is 11.6. The number of thioether (sulfide) groups is 1. The van der Waals surface area contributed by atoms with Gasteiger partial charge in [-0.3, -0.25) is 9.69 Å². The summed E-state index contributed by atoms with van der Waals surface area (Å²) >= 11 is 3.13. The summed E-state index contributed by atoms with van der Waals surface area (Å²) in [5.41, 5.74) is 2.13. The van der Waals surface area contributed by atoms with Crippen LogP contribution in [0.4, 0.5) is 5.69 Å². The van der Waals surface area contributed by atoms with E-state index in [0.717, 1.165) is 34.7 Å². The Labute approximate surface area is 178 Å². The highest BCUT2D eigenvalue weighted by atomic mass is 32.2. The van der Waals surface area contributed by atoms with Crippen molar-refractivity contribution in [2.75, 3.05) is 10.7 Å². The van der Waals surface area contributed by atoms with Gasteiger partial charge < -0.3 is 4.74 Å². The highest BCUT2D eigenvalue weighted by Gasteiger charge is 2.35. The van der Waals surface area contributed by atoms with E-state index in [2.05, 4.69) is 22.1 Å². The molecule has 1 atom stereocenters. The van der Waals surface area contributed by atoms with E-state index in [1.54, 1.807) is 28.0 Å². The molecule has 1 aromatic carbocycles. The maximum absolute atomic E-state index is 13.0. The minimum absolute atomic E-state index is 0.0193. The van der Waals surface area contributed by atoms with E-state index < -0.39 is 6.23 Å². The minimum Gasteiger partial charge on any atom is -0.446 e. The summed E-state index contributed by atoms with van der Waals surface area (Å²) in [6.45, 7) is 4.01. The van der Waals surface area contributed by atoms with Crippen LogP contribution in [0.15, 0.2) is 46.9 Å². The average molecular weight is 427 g/mol. The fourth-order valence-corrected chi connectivity index (χ4v) is 4.74. The quantitative estimate of drug-likeness (QED) is 0.392. The zero-order chi connectivity index (χ0) is 20.2. The van der Waals surface area contributed by atoms with E-state index in [-0.39, 0.29) is 5.91 Å². The van der Waals surface area contributed by atoms with Crippen LogP contribution in [0.2, 0.25) is 0 Å². The molecule has 0 N–H and O–H groups in total. The first-order chi connectivity index (χ1) is 14.2. The number of unbranched alkanes of at least 4 members (excludes halogenated alkanes) is 1. The van der Waals surface area contributed by atoms with Crippen molar-refractivity contribution >= 4 is 34.7 Å². The van der Waals surface area contributed by atoms with E-state index in [1.165, 1.54) is 0 Å². The monoisotopic (exact) mass is 426 g/mol. The number of anilines is 1. The van der Waals surface area contributed by atoms with E-state index in [0.29, 0.717) is 23.2 Å². The first-order valence-corrected chi connectivity index (χ1v) is 11.6. The summed E-state index contributed by atoms with van der Waals surface area (Å²) in [4.78, 5) is 20.3. The van der Waals surface area contributed by atoms with Crippen LogP contribution in [0.5, 0.6) is 5.88 Å². The van der Waals surface area contributed by atoms with Gasteiger partial charge in [0.15, 0.2) is 5.69 Å². The molecule has 4 rings (SSSR count). The molecule has 0 bridgehead atoms. The Kier molecular flexibility index (Phi) is 6.10. The lowest BCUT2D eigenvalue weighted by molar-refractivity contribution is -0.120. The first-order valence-electron chi connectivity index (χ1n) is 9.72. The topological polar surface area (TPSA) is 68.2 Å². The Bertz CT molecular complexity index is 994. The summed E-state index contributed by atoms with van der Waals surface area (Å²) in [6.07, 6.45) is 1.98. The number of rotatable bonds is 6. The molecule has 1 unspecified atom stereocenters. The van der Waals surface area contributed by atoms with Crippen LogP contribution >= 0.6 is 23.1 Å². The molecule has 1 aliphatic rings. The smallest absolute Gasteiger partial charge is 0.247 e. The van der Waals surface area contributed by atoms with Crippen LogP contribution in [0.1, 0.15) is 44.2 Å². The molecule has 150 valence electrons. The van der Waals surface area contributed by atoms with Gasteiger partial charge in [-0.05, 0) is 23.9 Å². The van der Waals surface area contributed by atoms with Gasteiger partial charge in [0.05, 0.1) is 10.6 Å². The van der Waals surface area contributed by atoms with Gasteiger partial charge in [0.1, 0.15) is 0 Å². The molecule has 2 aromatic heterocycles. The number of nitrogens with zero attached hydrogens (tertiary/aromatic N) is 4. The van der Waals surface area contributed by atoms with Crippen LogP contribution in [-0.2, 0) is 4.79 Å². The van der Waals surface area contributed by atoms with Crippen molar-refractivity contribution in [3.8, 4) is 17.1 Å². The minimum atomic E-state index is -0.588. The predicted molar refractivity (Wildman–Crippen MR) is 116 cm³/mol. The number of hydrogen-bond donors (Lipinski definition) is 0. The summed E-state index contributed by atoms with van der Waals surface area (Å²) < 4.78 is 6.35. The van der Waals surface area contributed by atoms with Crippen molar-refractivity contribution in [1.82, 2.24) is 15.2 Å². The van der Waals surface area contributed by atoms with Crippen molar-refractivity contribution in [2.45, 2.75) is 44.5 Å². The predicted octanol–water partition coefficient (Wildman–Crippen LogP) is 5.33. The summed E-state index contributed by atoms with van der Waals surface area (Å²) in [5.74, 6) is 1.33. The Morgan fingerprint density at radius 1 is 1.21 bits per heavy atom. The van der Waals surface area contributed by atoms with Crippen LogP contribution < -0.4 is 9.64 Å². The zero-order valence-corrected chi connectivity index (χ0v) is 18.0. The SMILES string of the molecule is CCCCSc1nnc2c(n1)OC(c1cccs1)N(C(=O)CC)c1ccccc1-2. The van der Waals surface area contributed by atoms with Gasteiger partial charge in [-0.2, -0.15) is 4.98 Å². The van der Waals surface area contributed by atoms with Gasteiger partial charge in [-0.25, -0.2) is 0 Å². The number of carbonyl (C=O) groups is 1. The molecule has 0 radical (unpaired) electrons. The molecule has 0 spiro atoms. The van der Waals surface area contributed by atoms with Gasteiger partial charge in [-0.1, -0.05) is 56.3 Å².